The lowest BCUT2D eigenvalue weighted by Gasteiger charge is -2.55. The molecule has 2 nitrogen and oxygen atoms in total. The van der Waals surface area contributed by atoms with Crippen LogP contribution in [0.5, 0.6) is 0 Å². The van der Waals surface area contributed by atoms with Crippen molar-refractivity contribution < 1.29 is 10.2 Å². The van der Waals surface area contributed by atoms with E-state index >= 15 is 0 Å². The standard InChI is InChI=1S/C20H32O2/c1-13(2)10-16(21)11-20(5)12-17-14(3)7-9-19(22)15(4)6-8-18(17)20/h6,10,16-19,21-22H,3,7-9,11-12H2,1-2,4-5H3. The van der Waals surface area contributed by atoms with Gasteiger partial charge in [0.25, 0.3) is 0 Å². The second kappa shape index (κ2) is 6.72. The molecule has 2 rings (SSSR count). The van der Waals surface area contributed by atoms with Crippen molar-refractivity contribution in [1.29, 1.82) is 0 Å². The molecule has 0 bridgehead atoms. The van der Waals surface area contributed by atoms with Crippen LogP contribution in [0.15, 0.2) is 35.5 Å². The zero-order valence-corrected chi connectivity index (χ0v) is 14.6. The van der Waals surface area contributed by atoms with Gasteiger partial charge in [-0.2, -0.15) is 0 Å². The maximum absolute atomic E-state index is 10.3. The molecule has 22 heavy (non-hydrogen) atoms. The van der Waals surface area contributed by atoms with E-state index in [9.17, 15) is 10.2 Å². The smallest absolute Gasteiger partial charge is 0.0750 e. The molecular formula is C20H32O2. The van der Waals surface area contributed by atoms with Crippen LogP contribution < -0.4 is 0 Å². The van der Waals surface area contributed by atoms with Crippen molar-refractivity contribution in [3.8, 4) is 0 Å². The van der Waals surface area contributed by atoms with Gasteiger partial charge in [-0.1, -0.05) is 36.8 Å². The van der Waals surface area contributed by atoms with Crippen molar-refractivity contribution in [2.75, 3.05) is 0 Å². The largest absolute Gasteiger partial charge is 0.389 e. The zero-order valence-electron chi connectivity index (χ0n) is 14.6. The molecule has 5 unspecified atom stereocenters. The first-order valence-corrected chi connectivity index (χ1v) is 8.58. The van der Waals surface area contributed by atoms with Crippen molar-refractivity contribution in [2.45, 2.75) is 72.0 Å². The summed E-state index contributed by atoms with van der Waals surface area (Å²) >= 11 is 0. The zero-order chi connectivity index (χ0) is 16.5. The van der Waals surface area contributed by atoms with Crippen LogP contribution in [0.25, 0.3) is 0 Å². The maximum Gasteiger partial charge on any atom is 0.0750 e. The molecule has 2 aliphatic rings. The summed E-state index contributed by atoms with van der Waals surface area (Å²) < 4.78 is 0. The van der Waals surface area contributed by atoms with Crippen LogP contribution in [0.3, 0.4) is 0 Å². The van der Waals surface area contributed by atoms with E-state index in [-0.39, 0.29) is 17.6 Å². The lowest BCUT2D eigenvalue weighted by molar-refractivity contribution is -0.0377. The van der Waals surface area contributed by atoms with Gasteiger partial charge in [0.15, 0.2) is 0 Å². The Hall–Kier alpha value is -0.860. The van der Waals surface area contributed by atoms with Gasteiger partial charge >= 0.3 is 0 Å². The molecule has 2 heteroatoms. The first kappa shape index (κ1) is 17.5. The van der Waals surface area contributed by atoms with E-state index in [1.807, 2.05) is 26.8 Å². The normalized spacial score (nSPS) is 36.9. The quantitative estimate of drug-likeness (QED) is 0.759. The van der Waals surface area contributed by atoms with Crippen molar-refractivity contribution in [2.24, 2.45) is 17.3 Å². The summed E-state index contributed by atoms with van der Waals surface area (Å²) in [5.41, 5.74) is 3.73. The highest BCUT2D eigenvalue weighted by atomic mass is 16.3. The number of hydrogen-bond acceptors (Lipinski definition) is 2. The molecular weight excluding hydrogens is 272 g/mol. The summed E-state index contributed by atoms with van der Waals surface area (Å²) in [7, 11) is 0. The topological polar surface area (TPSA) is 40.5 Å². The van der Waals surface area contributed by atoms with Crippen LogP contribution in [0, 0.1) is 17.3 Å². The number of aliphatic hydroxyl groups is 2. The highest BCUT2D eigenvalue weighted by molar-refractivity contribution is 5.19. The first-order chi connectivity index (χ1) is 10.2. The first-order valence-electron chi connectivity index (χ1n) is 8.58. The summed E-state index contributed by atoms with van der Waals surface area (Å²) in [5, 5.41) is 20.4. The summed E-state index contributed by atoms with van der Waals surface area (Å²) in [6.07, 6.45) is 8.14. The molecule has 0 aromatic heterocycles. The molecule has 1 fully saturated rings. The van der Waals surface area contributed by atoms with Crippen LogP contribution >= 0.6 is 0 Å². The molecule has 124 valence electrons. The molecule has 1 saturated carbocycles. The minimum absolute atomic E-state index is 0.172. The monoisotopic (exact) mass is 304 g/mol. The van der Waals surface area contributed by atoms with Crippen LogP contribution in [0.1, 0.15) is 59.8 Å². The third kappa shape index (κ3) is 3.72. The minimum Gasteiger partial charge on any atom is -0.389 e. The Kier molecular flexibility index (Phi) is 5.34. The Labute approximate surface area is 135 Å². The van der Waals surface area contributed by atoms with Gasteiger partial charge in [0.1, 0.15) is 0 Å². The fourth-order valence-electron chi connectivity index (χ4n) is 4.34. The summed E-state index contributed by atoms with van der Waals surface area (Å²) in [5.74, 6) is 1.10. The summed E-state index contributed by atoms with van der Waals surface area (Å²) in [6, 6.07) is 0. The molecule has 2 N–H and O–H groups in total. The van der Waals surface area contributed by atoms with Crippen LogP contribution in [0.4, 0.5) is 0 Å². The fourth-order valence-corrected chi connectivity index (χ4v) is 4.34. The molecule has 5 atom stereocenters. The van der Waals surface area contributed by atoms with Crippen molar-refractivity contribution >= 4 is 0 Å². The van der Waals surface area contributed by atoms with Gasteiger partial charge in [-0.15, -0.1) is 0 Å². The highest BCUT2D eigenvalue weighted by Crippen LogP contribution is 2.58. The summed E-state index contributed by atoms with van der Waals surface area (Å²) in [6.45, 7) is 12.7. The molecule has 2 aliphatic carbocycles. The van der Waals surface area contributed by atoms with E-state index < -0.39 is 0 Å². The van der Waals surface area contributed by atoms with Crippen LogP contribution in [-0.2, 0) is 0 Å². The summed E-state index contributed by atoms with van der Waals surface area (Å²) in [4.78, 5) is 0. The maximum atomic E-state index is 10.3. The van der Waals surface area contributed by atoms with Crippen LogP contribution in [-0.4, -0.2) is 22.4 Å². The number of hydrogen-bond donors (Lipinski definition) is 2. The molecule has 0 radical (unpaired) electrons. The molecule has 0 spiro atoms. The van der Waals surface area contributed by atoms with E-state index in [1.165, 1.54) is 11.1 Å². The highest BCUT2D eigenvalue weighted by Gasteiger charge is 2.50. The Morgan fingerprint density at radius 3 is 2.82 bits per heavy atom. The fraction of sp³-hybridized carbons (Fsp3) is 0.700. The molecule has 0 amide bonds. The van der Waals surface area contributed by atoms with E-state index in [0.717, 1.165) is 37.7 Å². The Morgan fingerprint density at radius 2 is 2.18 bits per heavy atom. The molecule has 0 saturated heterocycles. The Morgan fingerprint density at radius 1 is 1.50 bits per heavy atom. The van der Waals surface area contributed by atoms with Gasteiger partial charge in [0, 0.05) is 0 Å². The minimum atomic E-state index is -0.354. The van der Waals surface area contributed by atoms with Gasteiger partial charge in [-0.3, -0.25) is 0 Å². The number of rotatable bonds is 3. The lowest BCUT2D eigenvalue weighted by Crippen LogP contribution is -2.48. The van der Waals surface area contributed by atoms with E-state index in [1.54, 1.807) is 0 Å². The third-order valence-corrected chi connectivity index (χ3v) is 5.75. The van der Waals surface area contributed by atoms with Gasteiger partial charge in [0.2, 0.25) is 0 Å². The van der Waals surface area contributed by atoms with Crippen molar-refractivity contribution in [1.82, 2.24) is 0 Å². The van der Waals surface area contributed by atoms with Gasteiger partial charge in [-0.05, 0) is 75.7 Å². The Balaban J connectivity index is 2.13. The molecule has 0 heterocycles. The predicted molar refractivity (Wildman–Crippen MR) is 92.5 cm³/mol. The number of aliphatic hydroxyl groups excluding tert-OH is 2. The third-order valence-electron chi connectivity index (χ3n) is 5.75. The van der Waals surface area contributed by atoms with Crippen LogP contribution in [0.2, 0.25) is 0 Å². The van der Waals surface area contributed by atoms with E-state index in [2.05, 4.69) is 19.6 Å². The lowest BCUT2D eigenvalue weighted by atomic mass is 9.50. The van der Waals surface area contributed by atoms with Gasteiger partial charge in [-0.25, -0.2) is 0 Å². The van der Waals surface area contributed by atoms with E-state index in [0.29, 0.717) is 11.8 Å². The average Bonchev–Trinajstić information content (AvgIpc) is 2.43. The van der Waals surface area contributed by atoms with E-state index in [4.69, 9.17) is 0 Å². The SMILES string of the molecule is C=C1CCC(O)C(C)=CCC2C1CC2(C)CC(O)C=C(C)C. The second-order valence-corrected chi connectivity index (χ2v) is 7.98. The number of allylic oxidation sites excluding steroid dienone is 3. The molecule has 0 aromatic rings. The average molecular weight is 304 g/mol. The molecule has 0 aliphatic heterocycles. The van der Waals surface area contributed by atoms with Gasteiger partial charge < -0.3 is 10.2 Å². The molecule has 0 aromatic carbocycles. The predicted octanol–water partition coefficient (Wildman–Crippen LogP) is 4.39. The number of fused-ring (bicyclic) bond motifs is 1. The van der Waals surface area contributed by atoms with Crippen molar-refractivity contribution in [3.63, 3.8) is 0 Å². The Bertz CT molecular complexity index is 484. The van der Waals surface area contributed by atoms with Crippen molar-refractivity contribution in [3.05, 3.63) is 35.5 Å². The second-order valence-electron chi connectivity index (χ2n) is 7.98. The van der Waals surface area contributed by atoms with Gasteiger partial charge in [0.05, 0.1) is 12.2 Å².